The molecule has 0 aromatic carbocycles. The van der Waals surface area contributed by atoms with E-state index in [2.05, 4.69) is 37.3 Å². The van der Waals surface area contributed by atoms with Gasteiger partial charge in [0.1, 0.15) is 11.1 Å². The average molecular weight is 419 g/mol. The number of aromatic nitrogens is 2. The summed E-state index contributed by atoms with van der Waals surface area (Å²) in [4.78, 5) is 13.8. The molecule has 7 heteroatoms. The van der Waals surface area contributed by atoms with Gasteiger partial charge in [0.05, 0.1) is 28.5 Å². The Hall–Kier alpha value is -1.84. The molecule has 1 amide bonds. The van der Waals surface area contributed by atoms with E-state index in [9.17, 15) is 10.1 Å². The molecule has 1 atom stereocenters. The molecule has 5 nitrogen and oxygen atoms in total. The van der Waals surface area contributed by atoms with Gasteiger partial charge >= 0.3 is 0 Å². The summed E-state index contributed by atoms with van der Waals surface area (Å²) >= 11 is 7.73. The molecule has 0 fully saturated rings. The maximum atomic E-state index is 12.5. The number of hydrogen-bond acceptors (Lipinski definition) is 4. The number of anilines is 1. The molecule has 0 saturated heterocycles. The van der Waals surface area contributed by atoms with Crippen LogP contribution in [0.1, 0.15) is 61.0 Å². The SMILES string of the molecule is Cc1nn(CCC(=O)Nc2sc3c(c2C#N)CCC(C(C)(C)C)C3)c(C)c1Cl. The van der Waals surface area contributed by atoms with Crippen molar-refractivity contribution in [3.63, 3.8) is 0 Å². The first kappa shape index (κ1) is 20.9. The Balaban J connectivity index is 1.71. The first-order valence-electron chi connectivity index (χ1n) is 9.65. The fourth-order valence-electron chi connectivity index (χ4n) is 3.82. The van der Waals surface area contributed by atoms with E-state index in [1.807, 2.05) is 13.8 Å². The molecule has 2 heterocycles. The number of nitrogens with zero attached hydrogens (tertiary/aromatic N) is 3. The van der Waals surface area contributed by atoms with E-state index in [1.165, 1.54) is 4.88 Å². The van der Waals surface area contributed by atoms with Crippen LogP contribution in [0.25, 0.3) is 0 Å². The Kier molecular flexibility index (Phi) is 5.88. The van der Waals surface area contributed by atoms with Crippen molar-refractivity contribution < 1.29 is 4.79 Å². The molecule has 1 N–H and O–H groups in total. The maximum absolute atomic E-state index is 12.5. The standard InChI is InChI=1S/C21H27ClN4OS/c1-12-19(22)13(2)26(25-12)9-8-18(27)24-20-16(11-23)15-7-6-14(21(3,4)5)10-17(15)28-20/h14H,6-10H2,1-5H3,(H,24,27). The molecule has 0 bridgehead atoms. The number of fused-ring (bicyclic) bond motifs is 1. The number of aryl methyl sites for hydroxylation is 2. The highest BCUT2D eigenvalue weighted by molar-refractivity contribution is 7.16. The molecule has 150 valence electrons. The van der Waals surface area contributed by atoms with Crippen LogP contribution in [0, 0.1) is 36.5 Å². The summed E-state index contributed by atoms with van der Waals surface area (Å²) in [5.74, 6) is 0.496. The molecular weight excluding hydrogens is 392 g/mol. The molecule has 1 aliphatic rings. The Bertz CT molecular complexity index is 945. The van der Waals surface area contributed by atoms with Gasteiger partial charge in [-0.1, -0.05) is 32.4 Å². The van der Waals surface area contributed by atoms with Gasteiger partial charge in [0, 0.05) is 11.3 Å². The lowest BCUT2D eigenvalue weighted by Crippen LogP contribution is -2.26. The van der Waals surface area contributed by atoms with Crippen molar-refractivity contribution in [3.8, 4) is 6.07 Å². The van der Waals surface area contributed by atoms with Gasteiger partial charge in [0.25, 0.3) is 0 Å². The monoisotopic (exact) mass is 418 g/mol. The van der Waals surface area contributed by atoms with Crippen LogP contribution in [0.4, 0.5) is 5.00 Å². The second kappa shape index (κ2) is 7.88. The zero-order valence-corrected chi connectivity index (χ0v) is 18.7. The Morgan fingerprint density at radius 2 is 2.14 bits per heavy atom. The largest absolute Gasteiger partial charge is 0.317 e. The highest BCUT2D eigenvalue weighted by Crippen LogP contribution is 2.44. The van der Waals surface area contributed by atoms with Gasteiger partial charge in [0.2, 0.25) is 5.91 Å². The number of rotatable bonds is 4. The van der Waals surface area contributed by atoms with Gasteiger partial charge < -0.3 is 5.32 Å². The number of carbonyl (C=O) groups excluding carboxylic acids is 1. The van der Waals surface area contributed by atoms with E-state index in [0.717, 1.165) is 36.2 Å². The Morgan fingerprint density at radius 1 is 1.43 bits per heavy atom. The van der Waals surface area contributed by atoms with Crippen molar-refractivity contribution >= 4 is 33.8 Å². The van der Waals surface area contributed by atoms with Crippen molar-refractivity contribution in [1.29, 1.82) is 5.26 Å². The van der Waals surface area contributed by atoms with E-state index in [0.29, 0.717) is 28.0 Å². The zero-order chi connectivity index (χ0) is 20.6. The number of amides is 1. The van der Waals surface area contributed by atoms with Crippen molar-refractivity contribution in [2.75, 3.05) is 5.32 Å². The van der Waals surface area contributed by atoms with E-state index < -0.39 is 0 Å². The smallest absolute Gasteiger partial charge is 0.226 e. The molecule has 1 unspecified atom stereocenters. The lowest BCUT2D eigenvalue weighted by Gasteiger charge is -2.33. The number of carbonyl (C=O) groups is 1. The van der Waals surface area contributed by atoms with Gasteiger partial charge in [-0.05, 0) is 50.0 Å². The Morgan fingerprint density at radius 3 is 2.71 bits per heavy atom. The van der Waals surface area contributed by atoms with Crippen molar-refractivity contribution in [2.45, 2.75) is 66.8 Å². The van der Waals surface area contributed by atoms with Crippen LogP contribution in [-0.4, -0.2) is 15.7 Å². The lowest BCUT2D eigenvalue weighted by atomic mass is 9.72. The zero-order valence-electron chi connectivity index (χ0n) is 17.1. The van der Waals surface area contributed by atoms with E-state index in [4.69, 9.17) is 11.6 Å². The van der Waals surface area contributed by atoms with Crippen LogP contribution in [0.5, 0.6) is 0 Å². The molecule has 2 aromatic rings. The molecule has 0 spiro atoms. The van der Waals surface area contributed by atoms with Gasteiger partial charge in [-0.3, -0.25) is 9.48 Å². The average Bonchev–Trinajstić information content (AvgIpc) is 3.09. The van der Waals surface area contributed by atoms with Gasteiger partial charge in [-0.25, -0.2) is 0 Å². The minimum atomic E-state index is -0.105. The summed E-state index contributed by atoms with van der Waals surface area (Å²) in [5.41, 5.74) is 3.66. The minimum absolute atomic E-state index is 0.105. The van der Waals surface area contributed by atoms with Crippen LogP contribution < -0.4 is 5.32 Å². The van der Waals surface area contributed by atoms with Crippen LogP contribution >= 0.6 is 22.9 Å². The third-order valence-corrected chi connectivity index (χ3v) is 7.42. The van der Waals surface area contributed by atoms with Crippen LogP contribution in [0.3, 0.4) is 0 Å². The molecule has 2 aromatic heterocycles. The second-order valence-electron chi connectivity index (χ2n) is 8.63. The number of hydrogen-bond donors (Lipinski definition) is 1. The molecule has 0 radical (unpaired) electrons. The maximum Gasteiger partial charge on any atom is 0.226 e. The summed E-state index contributed by atoms with van der Waals surface area (Å²) in [6.07, 6.45) is 3.28. The number of halogens is 1. The Labute approximate surface area is 175 Å². The lowest BCUT2D eigenvalue weighted by molar-refractivity contribution is -0.116. The fourth-order valence-corrected chi connectivity index (χ4v) is 5.25. The third-order valence-electron chi connectivity index (χ3n) is 5.70. The summed E-state index contributed by atoms with van der Waals surface area (Å²) < 4.78 is 1.76. The molecule has 0 aliphatic heterocycles. The summed E-state index contributed by atoms with van der Waals surface area (Å²) in [6, 6.07) is 2.32. The highest BCUT2D eigenvalue weighted by atomic mass is 35.5. The van der Waals surface area contributed by atoms with Crippen molar-refractivity contribution in [3.05, 3.63) is 32.4 Å². The number of nitriles is 1. The highest BCUT2D eigenvalue weighted by Gasteiger charge is 2.32. The van der Waals surface area contributed by atoms with E-state index in [1.54, 1.807) is 16.0 Å². The first-order valence-corrected chi connectivity index (χ1v) is 10.8. The predicted molar refractivity (Wildman–Crippen MR) is 114 cm³/mol. The van der Waals surface area contributed by atoms with Crippen LogP contribution in [-0.2, 0) is 24.2 Å². The summed E-state index contributed by atoms with van der Waals surface area (Å²) in [5, 5.41) is 18.3. The van der Waals surface area contributed by atoms with Crippen molar-refractivity contribution in [1.82, 2.24) is 9.78 Å². The molecule has 0 saturated carbocycles. The van der Waals surface area contributed by atoms with E-state index >= 15 is 0 Å². The topological polar surface area (TPSA) is 70.7 Å². The van der Waals surface area contributed by atoms with Crippen molar-refractivity contribution in [2.24, 2.45) is 11.3 Å². The fraction of sp³-hybridized carbons (Fsp3) is 0.571. The van der Waals surface area contributed by atoms with Crippen LogP contribution in [0.15, 0.2) is 0 Å². The van der Waals surface area contributed by atoms with Gasteiger partial charge in [0.15, 0.2) is 0 Å². The number of nitrogens with one attached hydrogen (secondary N) is 1. The quantitative estimate of drug-likeness (QED) is 0.735. The molecule has 28 heavy (non-hydrogen) atoms. The first-order chi connectivity index (χ1) is 13.1. The van der Waals surface area contributed by atoms with Gasteiger partial charge in [-0.15, -0.1) is 11.3 Å². The third kappa shape index (κ3) is 4.11. The molecule has 1 aliphatic carbocycles. The minimum Gasteiger partial charge on any atom is -0.317 e. The molecular formula is C21H27ClN4OS. The summed E-state index contributed by atoms with van der Waals surface area (Å²) in [6.45, 7) is 11.0. The van der Waals surface area contributed by atoms with Gasteiger partial charge in [-0.2, -0.15) is 10.4 Å². The number of thiophene rings is 1. The normalized spacial score (nSPS) is 16.5. The molecule has 3 rings (SSSR count). The van der Waals surface area contributed by atoms with Crippen LogP contribution in [0.2, 0.25) is 5.02 Å². The summed E-state index contributed by atoms with van der Waals surface area (Å²) in [7, 11) is 0. The predicted octanol–water partition coefficient (Wildman–Crippen LogP) is 5.27. The second-order valence-corrected chi connectivity index (χ2v) is 10.1. The van der Waals surface area contributed by atoms with E-state index in [-0.39, 0.29) is 17.7 Å².